The lowest BCUT2D eigenvalue weighted by molar-refractivity contribution is -0.115. The first kappa shape index (κ1) is 25.7. The molecule has 3 aliphatic heterocycles. The number of nitrogens with zero attached hydrogens (tertiary/aromatic N) is 1. The van der Waals surface area contributed by atoms with Gasteiger partial charge in [0.25, 0.3) is 11.1 Å². The molecule has 0 spiro atoms. The summed E-state index contributed by atoms with van der Waals surface area (Å²) in [5.74, 6) is 1.77. The van der Waals surface area contributed by atoms with Crippen LogP contribution in [0, 0.1) is 20.8 Å². The van der Waals surface area contributed by atoms with Crippen molar-refractivity contribution in [1.29, 1.82) is 0 Å². The summed E-state index contributed by atoms with van der Waals surface area (Å²) in [5, 5.41) is 12.4. The van der Waals surface area contributed by atoms with E-state index in [4.69, 9.17) is 9.47 Å². The maximum Gasteiger partial charge on any atom is 0.290 e. The van der Waals surface area contributed by atoms with Gasteiger partial charge in [0.1, 0.15) is 29.5 Å². The lowest BCUT2D eigenvalue weighted by Gasteiger charge is -2.41. The molecule has 0 aliphatic carbocycles. The topological polar surface area (TPSA) is 88.1 Å². The van der Waals surface area contributed by atoms with E-state index in [1.807, 2.05) is 45.0 Å². The van der Waals surface area contributed by atoms with Gasteiger partial charge in [-0.3, -0.25) is 19.8 Å². The van der Waals surface area contributed by atoms with Gasteiger partial charge < -0.3 is 14.6 Å². The zero-order valence-corrected chi connectivity index (χ0v) is 22.7. The number of nitrogens with one attached hydrogen (secondary N) is 1. The minimum atomic E-state index is -0.352. The zero-order chi connectivity index (χ0) is 26.3. The second-order valence-electron chi connectivity index (χ2n) is 10.6. The van der Waals surface area contributed by atoms with Gasteiger partial charge in [-0.25, -0.2) is 0 Å². The quantitative estimate of drug-likeness (QED) is 0.500. The Morgan fingerprint density at radius 2 is 1.95 bits per heavy atom. The minimum Gasteiger partial charge on any atom is -0.507 e. The summed E-state index contributed by atoms with van der Waals surface area (Å²) in [6, 6.07) is 7.90. The number of phenolic OH excluding ortho intramolecular Hbond substituents is 1. The molecule has 2 amide bonds. The van der Waals surface area contributed by atoms with E-state index in [0.717, 1.165) is 89.9 Å². The molecule has 2 aromatic carbocycles. The van der Waals surface area contributed by atoms with Crippen LogP contribution in [0.4, 0.5) is 4.79 Å². The van der Waals surface area contributed by atoms with E-state index in [1.54, 1.807) is 6.08 Å². The fourth-order valence-electron chi connectivity index (χ4n) is 5.55. The Bertz CT molecular complexity index is 1270. The summed E-state index contributed by atoms with van der Waals surface area (Å²) in [7, 11) is 0. The molecule has 2 atom stereocenters. The monoisotopic (exact) mass is 522 g/mol. The average Bonchev–Trinajstić information content (AvgIpc) is 3.44. The van der Waals surface area contributed by atoms with Crippen molar-refractivity contribution < 1.29 is 24.2 Å². The normalized spacial score (nSPS) is 24.8. The number of aromatic hydroxyl groups is 1. The minimum absolute atomic E-state index is 0.294. The number of likely N-dealkylation sites (tertiary alicyclic amines) is 1. The van der Waals surface area contributed by atoms with E-state index in [9.17, 15) is 14.7 Å². The second kappa shape index (κ2) is 10.1. The van der Waals surface area contributed by atoms with Crippen molar-refractivity contribution in [3.63, 3.8) is 0 Å². The van der Waals surface area contributed by atoms with Gasteiger partial charge in [-0.1, -0.05) is 12.1 Å². The van der Waals surface area contributed by atoms with Crippen LogP contribution < -0.4 is 14.8 Å². The third-order valence-electron chi connectivity index (χ3n) is 7.89. The smallest absolute Gasteiger partial charge is 0.290 e. The highest BCUT2D eigenvalue weighted by molar-refractivity contribution is 8.18. The standard InChI is InChI=1S/C29H34N2O5S/c1-17-18(2)26-23(19(3)25(17)32)11-12-29(4,36-26)16-31-13-5-6-21(31)15-35-22-9-7-20(8-10-22)14-24-27(33)30-28(34)37-24/h7-10,14,21,32H,5-6,11-13,15-16H2,1-4H3,(H,30,33,34)/b24-14+. The number of amides is 2. The average molecular weight is 523 g/mol. The fraction of sp³-hybridized carbons (Fsp3) is 0.448. The molecule has 2 unspecified atom stereocenters. The highest BCUT2D eigenvalue weighted by Gasteiger charge is 2.39. The molecule has 37 heavy (non-hydrogen) atoms. The summed E-state index contributed by atoms with van der Waals surface area (Å²) >= 11 is 0.916. The van der Waals surface area contributed by atoms with Crippen molar-refractivity contribution in [2.45, 2.75) is 65.0 Å². The van der Waals surface area contributed by atoms with Gasteiger partial charge in [-0.05, 0) is 112 Å². The molecule has 2 fully saturated rings. The third kappa shape index (κ3) is 5.22. The summed E-state index contributed by atoms with van der Waals surface area (Å²) in [6.45, 7) is 10.6. The van der Waals surface area contributed by atoms with Crippen LogP contribution in [0.2, 0.25) is 0 Å². The molecule has 7 nitrogen and oxygen atoms in total. The van der Waals surface area contributed by atoms with Crippen LogP contribution in [-0.2, 0) is 11.2 Å². The predicted molar refractivity (Wildman–Crippen MR) is 145 cm³/mol. The van der Waals surface area contributed by atoms with E-state index in [2.05, 4.69) is 17.1 Å². The van der Waals surface area contributed by atoms with Gasteiger partial charge in [-0.15, -0.1) is 0 Å². The van der Waals surface area contributed by atoms with Crippen LogP contribution in [0.25, 0.3) is 6.08 Å². The third-order valence-corrected chi connectivity index (χ3v) is 8.70. The summed E-state index contributed by atoms with van der Waals surface area (Å²) in [6.07, 6.45) is 5.74. The molecule has 2 N–H and O–H groups in total. The summed E-state index contributed by atoms with van der Waals surface area (Å²) in [4.78, 5) is 26.0. The number of imide groups is 1. The molecule has 5 rings (SSSR count). The molecule has 0 radical (unpaired) electrons. The van der Waals surface area contributed by atoms with Gasteiger partial charge in [0.05, 0.1) is 4.91 Å². The highest BCUT2D eigenvalue weighted by Crippen LogP contribution is 2.43. The SMILES string of the molecule is Cc1c(C)c2c(c(C)c1O)CCC(C)(CN1CCCC1COc1ccc(/C=C3/SC(=O)NC3=O)cc1)O2. The van der Waals surface area contributed by atoms with E-state index < -0.39 is 0 Å². The molecule has 0 saturated carbocycles. The highest BCUT2D eigenvalue weighted by atomic mass is 32.2. The van der Waals surface area contributed by atoms with E-state index >= 15 is 0 Å². The maximum atomic E-state index is 11.8. The lowest BCUT2D eigenvalue weighted by Crippen LogP contribution is -2.50. The van der Waals surface area contributed by atoms with Gasteiger partial charge in [0, 0.05) is 18.2 Å². The molecule has 196 valence electrons. The number of phenols is 1. The molecule has 2 saturated heterocycles. The van der Waals surface area contributed by atoms with Crippen molar-refractivity contribution >= 4 is 29.0 Å². The molecule has 2 aromatic rings. The first-order chi connectivity index (χ1) is 17.6. The molecular weight excluding hydrogens is 488 g/mol. The Morgan fingerprint density at radius 1 is 1.19 bits per heavy atom. The fourth-order valence-corrected chi connectivity index (χ4v) is 6.24. The zero-order valence-electron chi connectivity index (χ0n) is 21.8. The number of fused-ring (bicyclic) bond motifs is 1. The van der Waals surface area contributed by atoms with Gasteiger partial charge in [0.15, 0.2) is 0 Å². The largest absolute Gasteiger partial charge is 0.507 e. The number of benzene rings is 2. The molecule has 8 heteroatoms. The Labute approximate surface area is 222 Å². The van der Waals surface area contributed by atoms with Crippen LogP contribution in [0.1, 0.15) is 54.0 Å². The molecule has 3 heterocycles. The van der Waals surface area contributed by atoms with Crippen LogP contribution in [-0.4, -0.2) is 52.5 Å². The Hall–Kier alpha value is -2.97. The van der Waals surface area contributed by atoms with Crippen LogP contribution in [0.15, 0.2) is 29.2 Å². The second-order valence-corrected chi connectivity index (χ2v) is 11.6. The van der Waals surface area contributed by atoms with E-state index in [0.29, 0.717) is 23.3 Å². The molecule has 3 aliphatic rings. The van der Waals surface area contributed by atoms with Crippen molar-refractivity contribution in [3.05, 3.63) is 57.0 Å². The maximum absolute atomic E-state index is 11.8. The molecular formula is C29H34N2O5S. The number of rotatable bonds is 6. The number of carbonyl (C=O) groups excluding carboxylic acids is 2. The van der Waals surface area contributed by atoms with E-state index in [-0.39, 0.29) is 16.7 Å². The van der Waals surface area contributed by atoms with Gasteiger partial charge in [-0.2, -0.15) is 0 Å². The molecule has 0 aromatic heterocycles. The van der Waals surface area contributed by atoms with Gasteiger partial charge in [0.2, 0.25) is 0 Å². The Balaban J connectivity index is 1.21. The van der Waals surface area contributed by atoms with Crippen molar-refractivity contribution in [2.24, 2.45) is 0 Å². The Morgan fingerprint density at radius 3 is 2.65 bits per heavy atom. The lowest BCUT2D eigenvalue weighted by atomic mass is 9.87. The number of thioether (sulfide) groups is 1. The van der Waals surface area contributed by atoms with Crippen LogP contribution >= 0.6 is 11.8 Å². The predicted octanol–water partition coefficient (Wildman–Crippen LogP) is 5.27. The first-order valence-corrected chi connectivity index (χ1v) is 13.7. The number of carbonyl (C=O) groups is 2. The van der Waals surface area contributed by atoms with Crippen molar-refractivity contribution in [1.82, 2.24) is 10.2 Å². The molecule has 0 bridgehead atoms. The van der Waals surface area contributed by atoms with Crippen molar-refractivity contribution in [2.75, 3.05) is 19.7 Å². The van der Waals surface area contributed by atoms with E-state index in [1.165, 1.54) is 0 Å². The van der Waals surface area contributed by atoms with Crippen molar-refractivity contribution in [3.8, 4) is 17.2 Å². The number of ether oxygens (including phenoxy) is 2. The number of hydrogen-bond acceptors (Lipinski definition) is 7. The Kier molecular flexibility index (Phi) is 6.98. The summed E-state index contributed by atoms with van der Waals surface area (Å²) < 4.78 is 12.8. The summed E-state index contributed by atoms with van der Waals surface area (Å²) in [5.41, 5.74) is 4.55. The van der Waals surface area contributed by atoms with Gasteiger partial charge >= 0.3 is 0 Å². The number of hydrogen-bond donors (Lipinski definition) is 2. The van der Waals surface area contributed by atoms with Crippen LogP contribution in [0.3, 0.4) is 0 Å². The van der Waals surface area contributed by atoms with Crippen LogP contribution in [0.5, 0.6) is 17.2 Å². The first-order valence-electron chi connectivity index (χ1n) is 12.9.